The van der Waals surface area contributed by atoms with Gasteiger partial charge in [0.1, 0.15) is 22.0 Å². The van der Waals surface area contributed by atoms with Crippen LogP contribution in [-0.2, 0) is 0 Å². The Morgan fingerprint density at radius 2 is 1.92 bits per heavy atom. The number of alkyl halides is 3. The van der Waals surface area contributed by atoms with Crippen LogP contribution in [0.4, 0.5) is 18.9 Å². The van der Waals surface area contributed by atoms with Crippen LogP contribution < -0.4 is 15.6 Å². The van der Waals surface area contributed by atoms with Crippen LogP contribution in [0.1, 0.15) is 15.5 Å². The summed E-state index contributed by atoms with van der Waals surface area (Å²) in [5.74, 6) is -0.646. The molecule has 1 amide bonds. The van der Waals surface area contributed by atoms with Crippen molar-refractivity contribution in [1.82, 2.24) is 14.3 Å². The molecule has 0 aliphatic rings. The Balaban J connectivity index is 1.82. The number of amides is 1. The van der Waals surface area contributed by atoms with E-state index in [4.69, 9.17) is 0 Å². The maximum absolute atomic E-state index is 12.3. The van der Waals surface area contributed by atoms with Crippen molar-refractivity contribution in [3.8, 4) is 5.75 Å². The molecule has 1 aromatic carbocycles. The van der Waals surface area contributed by atoms with Crippen molar-refractivity contribution in [2.45, 2.75) is 13.3 Å². The van der Waals surface area contributed by atoms with Crippen LogP contribution in [0.5, 0.6) is 5.75 Å². The Hall–Kier alpha value is -2.95. The molecule has 0 atom stereocenters. The third-order valence-corrected chi connectivity index (χ3v) is 3.84. The zero-order valence-corrected chi connectivity index (χ0v) is 13.3. The van der Waals surface area contributed by atoms with E-state index in [-0.39, 0.29) is 21.6 Å². The van der Waals surface area contributed by atoms with Gasteiger partial charge in [-0.1, -0.05) is 0 Å². The molecule has 2 aromatic heterocycles. The molecule has 11 heteroatoms. The summed E-state index contributed by atoms with van der Waals surface area (Å²) in [7, 11) is 0. The van der Waals surface area contributed by atoms with Crippen LogP contribution in [0.3, 0.4) is 0 Å². The number of anilines is 1. The number of nitrogens with zero attached hydrogens (tertiary/aromatic N) is 2. The van der Waals surface area contributed by atoms with Gasteiger partial charge in [0.25, 0.3) is 11.5 Å². The second-order valence-corrected chi connectivity index (χ2v) is 5.66. The van der Waals surface area contributed by atoms with Gasteiger partial charge in [0, 0.05) is 5.69 Å². The topological polar surface area (TPSA) is 97.0 Å². The van der Waals surface area contributed by atoms with Crippen molar-refractivity contribution in [3.63, 3.8) is 0 Å². The molecule has 130 valence electrons. The molecule has 3 rings (SSSR count). The van der Waals surface area contributed by atoms with Gasteiger partial charge in [-0.25, -0.2) is 4.98 Å². The standard InChI is InChI=1S/C14H9F3N4O3S/c1-6-18-9-10(12(22)19-6)21-25-11(9)13(23)20-7-2-4-8(5-3-7)24-14(15,16)17/h2-5H,1H3,(H,20,23)(H,18,19,22). The van der Waals surface area contributed by atoms with Crippen LogP contribution in [0.15, 0.2) is 29.1 Å². The Morgan fingerprint density at radius 3 is 2.56 bits per heavy atom. The van der Waals surface area contributed by atoms with E-state index in [2.05, 4.69) is 24.4 Å². The molecule has 0 bridgehead atoms. The number of aromatic nitrogens is 3. The zero-order valence-electron chi connectivity index (χ0n) is 12.5. The van der Waals surface area contributed by atoms with Gasteiger partial charge in [-0.15, -0.1) is 13.2 Å². The number of benzene rings is 1. The molecular formula is C14H9F3N4O3S. The van der Waals surface area contributed by atoms with Crippen molar-refractivity contribution >= 4 is 34.2 Å². The van der Waals surface area contributed by atoms with Gasteiger partial charge in [0.05, 0.1) is 0 Å². The normalized spacial score (nSPS) is 11.5. The molecule has 0 unspecified atom stereocenters. The molecule has 0 aliphatic heterocycles. The second-order valence-electron chi connectivity index (χ2n) is 4.89. The SMILES string of the molecule is Cc1nc2c(C(=O)Nc3ccc(OC(F)(F)F)cc3)snc2c(=O)[nH]1. The van der Waals surface area contributed by atoms with Crippen molar-refractivity contribution < 1.29 is 22.7 Å². The lowest BCUT2D eigenvalue weighted by Gasteiger charge is -2.09. The molecule has 0 radical (unpaired) electrons. The highest BCUT2D eigenvalue weighted by molar-refractivity contribution is 7.09. The van der Waals surface area contributed by atoms with Crippen LogP contribution in [0.25, 0.3) is 11.0 Å². The van der Waals surface area contributed by atoms with E-state index in [1.807, 2.05) is 0 Å². The number of fused-ring (bicyclic) bond motifs is 1. The summed E-state index contributed by atoms with van der Waals surface area (Å²) >= 11 is 0.806. The highest BCUT2D eigenvalue weighted by Gasteiger charge is 2.31. The predicted molar refractivity (Wildman–Crippen MR) is 83.9 cm³/mol. The number of hydrogen-bond acceptors (Lipinski definition) is 6. The molecule has 2 N–H and O–H groups in total. The minimum Gasteiger partial charge on any atom is -0.406 e. The van der Waals surface area contributed by atoms with E-state index in [0.29, 0.717) is 5.82 Å². The Kier molecular flexibility index (Phi) is 4.17. The van der Waals surface area contributed by atoms with Crippen molar-refractivity contribution in [3.05, 3.63) is 45.3 Å². The van der Waals surface area contributed by atoms with E-state index in [0.717, 1.165) is 23.7 Å². The fourth-order valence-electron chi connectivity index (χ4n) is 2.03. The van der Waals surface area contributed by atoms with E-state index in [1.54, 1.807) is 6.92 Å². The summed E-state index contributed by atoms with van der Waals surface area (Å²) in [6.45, 7) is 1.57. The highest BCUT2D eigenvalue weighted by Crippen LogP contribution is 2.25. The summed E-state index contributed by atoms with van der Waals surface area (Å²) in [6, 6.07) is 4.66. The molecule has 0 fully saturated rings. The molecule has 25 heavy (non-hydrogen) atoms. The van der Waals surface area contributed by atoms with Crippen LogP contribution >= 0.6 is 11.5 Å². The summed E-state index contributed by atoms with van der Waals surface area (Å²) in [6.07, 6.45) is -4.79. The molecule has 2 heterocycles. The number of halogens is 3. The average Bonchev–Trinajstić information content (AvgIpc) is 2.92. The largest absolute Gasteiger partial charge is 0.573 e. The van der Waals surface area contributed by atoms with E-state index < -0.39 is 23.6 Å². The lowest BCUT2D eigenvalue weighted by atomic mass is 10.3. The Labute approximate surface area is 141 Å². The fourth-order valence-corrected chi connectivity index (χ4v) is 2.75. The van der Waals surface area contributed by atoms with Gasteiger partial charge in [-0.3, -0.25) is 9.59 Å². The first-order chi connectivity index (χ1) is 11.7. The first-order valence-electron chi connectivity index (χ1n) is 6.76. The number of hydrogen-bond donors (Lipinski definition) is 2. The lowest BCUT2D eigenvalue weighted by molar-refractivity contribution is -0.274. The van der Waals surface area contributed by atoms with Crippen LogP contribution in [0, 0.1) is 6.92 Å². The van der Waals surface area contributed by atoms with Gasteiger partial charge in [0.2, 0.25) is 0 Å². The van der Waals surface area contributed by atoms with Crippen molar-refractivity contribution in [2.24, 2.45) is 0 Å². The summed E-state index contributed by atoms with van der Waals surface area (Å²) < 4.78 is 44.0. The molecule has 7 nitrogen and oxygen atoms in total. The first kappa shape index (κ1) is 16.9. The van der Waals surface area contributed by atoms with Gasteiger partial charge >= 0.3 is 6.36 Å². The van der Waals surface area contributed by atoms with E-state index in [9.17, 15) is 22.8 Å². The first-order valence-corrected chi connectivity index (χ1v) is 7.54. The zero-order chi connectivity index (χ0) is 18.2. The Bertz CT molecular complexity index is 995. The second kappa shape index (κ2) is 6.16. The van der Waals surface area contributed by atoms with Crippen molar-refractivity contribution in [2.75, 3.05) is 5.32 Å². The van der Waals surface area contributed by atoms with Crippen LogP contribution in [-0.4, -0.2) is 26.6 Å². The number of nitrogens with one attached hydrogen (secondary N) is 2. The highest BCUT2D eigenvalue weighted by atomic mass is 32.1. The number of ether oxygens (including phenoxy) is 1. The number of rotatable bonds is 3. The predicted octanol–water partition coefficient (Wildman–Crippen LogP) is 2.84. The number of aryl methyl sites for hydroxylation is 1. The quantitative estimate of drug-likeness (QED) is 0.739. The van der Waals surface area contributed by atoms with Crippen LogP contribution in [0.2, 0.25) is 0 Å². The molecule has 0 saturated carbocycles. The fraction of sp³-hybridized carbons (Fsp3) is 0.143. The van der Waals surface area contributed by atoms with Gasteiger partial charge in [0.15, 0.2) is 5.52 Å². The average molecular weight is 370 g/mol. The van der Waals surface area contributed by atoms with Crippen molar-refractivity contribution in [1.29, 1.82) is 0 Å². The number of aromatic amines is 1. The monoisotopic (exact) mass is 370 g/mol. The van der Waals surface area contributed by atoms with E-state index >= 15 is 0 Å². The molecule has 0 spiro atoms. The molecule has 0 aliphatic carbocycles. The minimum atomic E-state index is -4.79. The third kappa shape index (κ3) is 3.76. The number of H-pyrrole nitrogens is 1. The molecular weight excluding hydrogens is 361 g/mol. The van der Waals surface area contributed by atoms with Gasteiger partial charge in [-0.2, -0.15) is 4.37 Å². The Morgan fingerprint density at radius 1 is 1.24 bits per heavy atom. The maximum Gasteiger partial charge on any atom is 0.573 e. The summed E-state index contributed by atoms with van der Waals surface area (Å²) in [5.41, 5.74) is 0.0181. The molecule has 0 saturated heterocycles. The molecule has 3 aromatic rings. The van der Waals surface area contributed by atoms with E-state index in [1.165, 1.54) is 12.1 Å². The summed E-state index contributed by atoms with van der Waals surface area (Å²) in [5, 5.41) is 2.51. The summed E-state index contributed by atoms with van der Waals surface area (Å²) in [4.78, 5) is 30.8. The smallest absolute Gasteiger partial charge is 0.406 e. The number of carbonyl (C=O) groups is 1. The lowest BCUT2D eigenvalue weighted by Crippen LogP contribution is -2.17. The van der Waals surface area contributed by atoms with Gasteiger partial charge < -0.3 is 15.0 Å². The minimum absolute atomic E-state index is 0.0506. The third-order valence-electron chi connectivity index (χ3n) is 3.01. The maximum atomic E-state index is 12.3. The number of carbonyl (C=O) groups excluding carboxylic acids is 1. The van der Waals surface area contributed by atoms with Gasteiger partial charge in [-0.05, 0) is 42.7 Å².